The summed E-state index contributed by atoms with van der Waals surface area (Å²) in [5.74, 6) is -1.28. The lowest BCUT2D eigenvalue weighted by molar-refractivity contribution is 0.104. The van der Waals surface area contributed by atoms with Crippen molar-refractivity contribution in [1.29, 1.82) is 0 Å². The highest BCUT2D eigenvalue weighted by Gasteiger charge is 2.12. The van der Waals surface area contributed by atoms with E-state index in [9.17, 15) is 17.6 Å². The van der Waals surface area contributed by atoms with Crippen molar-refractivity contribution in [2.75, 3.05) is 5.32 Å². The van der Waals surface area contributed by atoms with Crippen molar-refractivity contribution in [3.05, 3.63) is 72.2 Å². The van der Waals surface area contributed by atoms with E-state index in [1.807, 2.05) is 0 Å². The maximum Gasteiger partial charge on any atom is 0.285 e. The standard InChI is InChI=1S/C16H15FN4O3S/c17-12-3-1-11(2-4-12)15(22)9-10-20-13-5-7-14(8-6-13)25(23,24)21-16(18)19/h1-10,20H,(H4,18,19,21). The number of rotatable bonds is 6. The van der Waals surface area contributed by atoms with Gasteiger partial charge in [-0.3, -0.25) is 4.79 Å². The summed E-state index contributed by atoms with van der Waals surface area (Å²) in [6.07, 6.45) is 2.67. The average Bonchev–Trinajstić information content (AvgIpc) is 2.54. The number of hydrogen-bond acceptors (Lipinski definition) is 4. The minimum Gasteiger partial charge on any atom is -0.369 e. The summed E-state index contributed by atoms with van der Waals surface area (Å²) in [4.78, 5) is 11.8. The number of hydrogen-bond donors (Lipinski definition) is 3. The quantitative estimate of drug-likeness (QED) is 0.310. The molecule has 7 nitrogen and oxygen atoms in total. The van der Waals surface area contributed by atoms with Crippen LogP contribution in [0.5, 0.6) is 0 Å². The second-order valence-corrected chi connectivity index (χ2v) is 6.47. The number of benzene rings is 2. The third-order valence-corrected chi connectivity index (χ3v) is 4.31. The number of carbonyl (C=O) groups is 1. The molecule has 0 aliphatic heterocycles. The highest BCUT2D eigenvalue weighted by molar-refractivity contribution is 7.90. The van der Waals surface area contributed by atoms with Gasteiger partial charge in [-0.05, 0) is 48.5 Å². The van der Waals surface area contributed by atoms with Gasteiger partial charge in [0.25, 0.3) is 10.0 Å². The zero-order valence-corrected chi connectivity index (χ0v) is 13.7. The summed E-state index contributed by atoms with van der Waals surface area (Å²) < 4.78 is 39.5. The van der Waals surface area contributed by atoms with Gasteiger partial charge in [0.15, 0.2) is 5.78 Å². The minimum atomic E-state index is -3.94. The Morgan fingerprint density at radius 2 is 1.64 bits per heavy atom. The third-order valence-electron chi connectivity index (χ3n) is 2.99. The predicted molar refractivity (Wildman–Crippen MR) is 92.9 cm³/mol. The Morgan fingerprint density at radius 3 is 2.20 bits per heavy atom. The lowest BCUT2D eigenvalue weighted by atomic mass is 10.1. The van der Waals surface area contributed by atoms with Gasteiger partial charge in [0.05, 0.1) is 4.90 Å². The predicted octanol–water partition coefficient (Wildman–Crippen LogP) is 1.60. The number of nitrogens with one attached hydrogen (secondary N) is 1. The van der Waals surface area contributed by atoms with E-state index in [1.54, 1.807) is 0 Å². The van der Waals surface area contributed by atoms with Gasteiger partial charge in [0.1, 0.15) is 5.82 Å². The molecule has 0 saturated heterocycles. The van der Waals surface area contributed by atoms with Crippen molar-refractivity contribution >= 4 is 27.5 Å². The molecule has 9 heteroatoms. The second-order valence-electron chi connectivity index (χ2n) is 4.86. The largest absolute Gasteiger partial charge is 0.369 e. The molecular formula is C16H15FN4O3S. The van der Waals surface area contributed by atoms with Gasteiger partial charge in [-0.1, -0.05) is 0 Å². The van der Waals surface area contributed by atoms with Gasteiger partial charge in [0, 0.05) is 23.5 Å². The number of ketones is 1. The molecule has 0 bridgehead atoms. The number of nitrogens with zero attached hydrogens (tertiary/aromatic N) is 1. The summed E-state index contributed by atoms with van der Waals surface area (Å²) in [6.45, 7) is 0. The summed E-state index contributed by atoms with van der Waals surface area (Å²) in [6, 6.07) is 10.8. The van der Waals surface area contributed by atoms with Crippen LogP contribution in [0.15, 0.2) is 70.1 Å². The Kier molecular flexibility index (Phi) is 5.50. The summed E-state index contributed by atoms with van der Waals surface area (Å²) in [7, 11) is -3.94. The molecule has 0 fully saturated rings. The molecule has 0 radical (unpaired) electrons. The van der Waals surface area contributed by atoms with E-state index in [0.717, 1.165) is 0 Å². The van der Waals surface area contributed by atoms with Gasteiger partial charge in [-0.2, -0.15) is 8.42 Å². The first-order valence-corrected chi connectivity index (χ1v) is 8.41. The molecule has 0 unspecified atom stereocenters. The summed E-state index contributed by atoms with van der Waals surface area (Å²) >= 11 is 0. The van der Waals surface area contributed by atoms with Crippen LogP contribution in [0, 0.1) is 5.82 Å². The Hall–Kier alpha value is -3.20. The van der Waals surface area contributed by atoms with Gasteiger partial charge in [-0.15, -0.1) is 4.40 Å². The van der Waals surface area contributed by atoms with E-state index in [-0.39, 0.29) is 10.7 Å². The SMILES string of the molecule is NC(N)=NS(=O)(=O)c1ccc(NC=CC(=O)c2ccc(F)cc2)cc1. The number of nitrogens with two attached hydrogens (primary N) is 2. The van der Waals surface area contributed by atoms with E-state index in [1.165, 1.54) is 60.8 Å². The van der Waals surface area contributed by atoms with E-state index in [4.69, 9.17) is 11.5 Å². The van der Waals surface area contributed by atoms with E-state index < -0.39 is 21.8 Å². The van der Waals surface area contributed by atoms with Crippen LogP contribution in [-0.4, -0.2) is 20.2 Å². The molecule has 5 N–H and O–H groups in total. The molecule has 25 heavy (non-hydrogen) atoms. The zero-order chi connectivity index (χ0) is 18.4. The van der Waals surface area contributed by atoms with E-state index in [2.05, 4.69) is 9.71 Å². The molecular weight excluding hydrogens is 347 g/mol. The smallest absolute Gasteiger partial charge is 0.285 e. The van der Waals surface area contributed by atoms with Crippen LogP contribution in [0.1, 0.15) is 10.4 Å². The molecule has 2 rings (SSSR count). The minimum absolute atomic E-state index is 0.0715. The van der Waals surface area contributed by atoms with Crippen LogP contribution < -0.4 is 16.8 Å². The molecule has 0 atom stereocenters. The molecule has 0 aromatic heterocycles. The van der Waals surface area contributed by atoms with Crippen molar-refractivity contribution in [3.63, 3.8) is 0 Å². The summed E-state index contributed by atoms with van der Waals surface area (Å²) in [5, 5.41) is 2.82. The normalized spacial score (nSPS) is 11.2. The molecule has 0 aliphatic rings. The molecule has 0 aliphatic carbocycles. The lowest BCUT2D eigenvalue weighted by Crippen LogP contribution is -2.24. The maximum atomic E-state index is 12.8. The molecule has 0 spiro atoms. The number of carbonyl (C=O) groups excluding carboxylic acids is 1. The van der Waals surface area contributed by atoms with E-state index in [0.29, 0.717) is 11.3 Å². The van der Waals surface area contributed by atoms with Crippen LogP contribution in [0.3, 0.4) is 0 Å². The second kappa shape index (κ2) is 7.58. The molecule has 0 amide bonds. The topological polar surface area (TPSA) is 128 Å². The van der Waals surface area contributed by atoms with Crippen molar-refractivity contribution in [1.82, 2.24) is 0 Å². The molecule has 0 saturated carbocycles. The molecule has 2 aromatic carbocycles. The first kappa shape index (κ1) is 18.1. The highest BCUT2D eigenvalue weighted by Crippen LogP contribution is 2.16. The van der Waals surface area contributed by atoms with Crippen molar-refractivity contribution in [2.45, 2.75) is 4.90 Å². The monoisotopic (exact) mass is 362 g/mol. The Morgan fingerprint density at radius 1 is 1.04 bits per heavy atom. The molecule has 0 heterocycles. The molecule has 130 valence electrons. The Labute approximate surface area is 143 Å². The zero-order valence-electron chi connectivity index (χ0n) is 12.9. The van der Waals surface area contributed by atoms with Crippen LogP contribution >= 0.6 is 0 Å². The van der Waals surface area contributed by atoms with Gasteiger partial charge >= 0.3 is 0 Å². The van der Waals surface area contributed by atoms with Crippen LogP contribution in [-0.2, 0) is 10.0 Å². The number of anilines is 1. The number of sulfonamides is 1. The Bertz CT molecular complexity index is 917. The van der Waals surface area contributed by atoms with Crippen molar-refractivity contribution < 1.29 is 17.6 Å². The number of guanidine groups is 1. The van der Waals surface area contributed by atoms with Gasteiger partial charge < -0.3 is 16.8 Å². The number of allylic oxidation sites excluding steroid dienone is 1. The first-order chi connectivity index (χ1) is 11.8. The molecule has 2 aromatic rings. The van der Waals surface area contributed by atoms with Gasteiger partial charge in [0.2, 0.25) is 5.96 Å². The summed E-state index contributed by atoms with van der Waals surface area (Å²) in [5.41, 5.74) is 11.0. The van der Waals surface area contributed by atoms with Crippen molar-refractivity contribution in [2.24, 2.45) is 15.9 Å². The average molecular weight is 362 g/mol. The fraction of sp³-hybridized carbons (Fsp3) is 0. The third kappa shape index (κ3) is 5.15. The highest BCUT2D eigenvalue weighted by atomic mass is 32.2. The lowest BCUT2D eigenvalue weighted by Gasteiger charge is -2.03. The Balaban J connectivity index is 2.03. The fourth-order valence-corrected chi connectivity index (χ4v) is 2.70. The van der Waals surface area contributed by atoms with Crippen LogP contribution in [0.25, 0.3) is 0 Å². The van der Waals surface area contributed by atoms with Crippen LogP contribution in [0.4, 0.5) is 10.1 Å². The van der Waals surface area contributed by atoms with E-state index >= 15 is 0 Å². The first-order valence-electron chi connectivity index (χ1n) is 6.97. The van der Waals surface area contributed by atoms with Crippen LogP contribution in [0.2, 0.25) is 0 Å². The fourth-order valence-electron chi connectivity index (χ4n) is 1.84. The number of halogens is 1. The van der Waals surface area contributed by atoms with Crippen molar-refractivity contribution in [3.8, 4) is 0 Å². The van der Waals surface area contributed by atoms with Gasteiger partial charge in [-0.25, -0.2) is 4.39 Å². The maximum absolute atomic E-state index is 12.8.